The number of aromatic nitrogens is 4. The van der Waals surface area contributed by atoms with E-state index in [2.05, 4.69) is 20.6 Å². The molecule has 0 fully saturated rings. The molecule has 2 aromatic rings. The molecule has 0 atom stereocenters. The van der Waals surface area contributed by atoms with Crippen molar-refractivity contribution in [2.24, 2.45) is 0 Å². The van der Waals surface area contributed by atoms with Crippen LogP contribution in [0.2, 0.25) is 0 Å². The molecular weight excluding hydrogens is 218 g/mol. The number of amides is 1. The van der Waals surface area contributed by atoms with Gasteiger partial charge in [0.05, 0.1) is 11.9 Å². The normalized spacial score (nSPS) is 10.5. The Morgan fingerprint density at radius 1 is 1.47 bits per heavy atom. The summed E-state index contributed by atoms with van der Waals surface area (Å²) < 4.78 is 1.68. The van der Waals surface area contributed by atoms with Crippen molar-refractivity contribution in [3.63, 3.8) is 0 Å². The number of aromatic amines is 1. The Morgan fingerprint density at radius 2 is 2.24 bits per heavy atom. The quantitative estimate of drug-likeness (QED) is 0.835. The van der Waals surface area contributed by atoms with Gasteiger partial charge in [-0.05, 0) is 26.8 Å². The summed E-state index contributed by atoms with van der Waals surface area (Å²) in [7, 11) is 0. The summed E-state index contributed by atoms with van der Waals surface area (Å²) in [5.74, 6) is 0.514. The Bertz CT molecular complexity index is 540. The predicted molar refractivity (Wildman–Crippen MR) is 63.7 cm³/mol. The van der Waals surface area contributed by atoms with Crippen LogP contribution >= 0.6 is 0 Å². The van der Waals surface area contributed by atoms with Crippen LogP contribution in [0.5, 0.6) is 0 Å². The Hall–Kier alpha value is -2.11. The third-order valence-electron chi connectivity index (χ3n) is 2.49. The first-order valence-corrected chi connectivity index (χ1v) is 5.37. The van der Waals surface area contributed by atoms with Gasteiger partial charge in [-0.3, -0.25) is 14.6 Å². The maximum Gasteiger partial charge on any atom is 0.247 e. The molecule has 0 aliphatic heterocycles. The Kier molecular flexibility index (Phi) is 2.95. The number of nitrogens with one attached hydrogen (secondary N) is 2. The van der Waals surface area contributed by atoms with E-state index in [0.29, 0.717) is 5.82 Å². The first-order chi connectivity index (χ1) is 8.06. The van der Waals surface area contributed by atoms with Crippen molar-refractivity contribution >= 4 is 11.7 Å². The lowest BCUT2D eigenvalue weighted by atomic mass is 10.3. The fourth-order valence-corrected chi connectivity index (χ4v) is 1.62. The highest BCUT2D eigenvalue weighted by Crippen LogP contribution is 2.08. The molecule has 0 aromatic carbocycles. The van der Waals surface area contributed by atoms with E-state index >= 15 is 0 Å². The van der Waals surface area contributed by atoms with Gasteiger partial charge >= 0.3 is 0 Å². The van der Waals surface area contributed by atoms with Gasteiger partial charge < -0.3 is 5.32 Å². The molecule has 17 heavy (non-hydrogen) atoms. The maximum atomic E-state index is 11.8. The molecule has 6 nitrogen and oxygen atoms in total. The zero-order valence-corrected chi connectivity index (χ0v) is 10.1. The summed E-state index contributed by atoms with van der Waals surface area (Å²) in [5.41, 5.74) is 2.79. The number of nitrogens with zero attached hydrogens (tertiary/aromatic N) is 3. The van der Waals surface area contributed by atoms with Gasteiger partial charge in [0, 0.05) is 11.3 Å². The summed E-state index contributed by atoms with van der Waals surface area (Å²) in [4.78, 5) is 11.8. The van der Waals surface area contributed by atoms with Crippen LogP contribution in [0.3, 0.4) is 0 Å². The van der Waals surface area contributed by atoms with Crippen molar-refractivity contribution in [2.75, 3.05) is 5.32 Å². The highest BCUT2D eigenvalue weighted by atomic mass is 16.2. The maximum absolute atomic E-state index is 11.8. The van der Waals surface area contributed by atoms with Gasteiger partial charge in [0.15, 0.2) is 0 Å². The smallest absolute Gasteiger partial charge is 0.247 e. The standard InChI is InChI=1S/C11H15N5O/c1-7-5-12-14-11(7)13-10(17)6-16-9(3)4-8(2)15-16/h4-5H,6H2,1-3H3,(H2,12,13,14,17). The number of hydrogen-bond donors (Lipinski definition) is 2. The zero-order valence-electron chi connectivity index (χ0n) is 10.1. The van der Waals surface area contributed by atoms with E-state index in [0.717, 1.165) is 17.0 Å². The molecule has 0 saturated heterocycles. The van der Waals surface area contributed by atoms with Gasteiger partial charge in [-0.1, -0.05) is 0 Å². The second-order valence-corrected chi connectivity index (χ2v) is 4.06. The minimum absolute atomic E-state index is 0.122. The summed E-state index contributed by atoms with van der Waals surface area (Å²) in [6, 6.07) is 1.94. The average molecular weight is 233 g/mol. The predicted octanol–water partition coefficient (Wildman–Crippen LogP) is 1.17. The highest BCUT2D eigenvalue weighted by molar-refractivity contribution is 5.90. The molecule has 2 rings (SSSR count). The summed E-state index contributed by atoms with van der Waals surface area (Å²) >= 11 is 0. The molecule has 2 N–H and O–H groups in total. The van der Waals surface area contributed by atoms with Gasteiger partial charge in [-0.25, -0.2) is 0 Å². The van der Waals surface area contributed by atoms with Crippen molar-refractivity contribution < 1.29 is 4.79 Å². The van der Waals surface area contributed by atoms with Gasteiger partial charge in [0.2, 0.25) is 5.91 Å². The molecule has 0 bridgehead atoms. The van der Waals surface area contributed by atoms with Crippen LogP contribution in [0.4, 0.5) is 5.82 Å². The first-order valence-electron chi connectivity index (χ1n) is 5.37. The lowest BCUT2D eigenvalue weighted by Crippen LogP contribution is -2.20. The monoisotopic (exact) mass is 233 g/mol. The molecule has 2 aromatic heterocycles. The fourth-order valence-electron chi connectivity index (χ4n) is 1.62. The second kappa shape index (κ2) is 4.40. The van der Waals surface area contributed by atoms with E-state index in [9.17, 15) is 4.79 Å². The van der Waals surface area contributed by atoms with Crippen LogP contribution in [0.1, 0.15) is 17.0 Å². The van der Waals surface area contributed by atoms with Crippen LogP contribution in [-0.2, 0) is 11.3 Å². The lowest BCUT2D eigenvalue weighted by Gasteiger charge is -2.05. The third kappa shape index (κ3) is 2.52. The van der Waals surface area contributed by atoms with E-state index in [1.54, 1.807) is 10.9 Å². The van der Waals surface area contributed by atoms with Gasteiger partial charge in [-0.15, -0.1) is 0 Å². The topological polar surface area (TPSA) is 75.6 Å². The van der Waals surface area contributed by atoms with Crippen molar-refractivity contribution in [2.45, 2.75) is 27.3 Å². The molecule has 0 spiro atoms. The van der Waals surface area contributed by atoms with Crippen LogP contribution in [0.25, 0.3) is 0 Å². The summed E-state index contributed by atoms with van der Waals surface area (Å²) in [6.07, 6.45) is 1.67. The van der Waals surface area contributed by atoms with Crippen molar-refractivity contribution in [3.05, 3.63) is 29.2 Å². The zero-order chi connectivity index (χ0) is 12.4. The van der Waals surface area contributed by atoms with Crippen molar-refractivity contribution in [3.8, 4) is 0 Å². The minimum Gasteiger partial charge on any atom is -0.309 e. The molecule has 6 heteroatoms. The van der Waals surface area contributed by atoms with Crippen LogP contribution in [0, 0.1) is 20.8 Å². The molecule has 0 radical (unpaired) electrons. The number of aryl methyl sites for hydroxylation is 3. The minimum atomic E-state index is -0.122. The summed E-state index contributed by atoms with van der Waals surface area (Å²) in [5, 5.41) is 13.6. The number of carbonyl (C=O) groups is 1. The van der Waals surface area contributed by atoms with E-state index in [1.165, 1.54) is 0 Å². The van der Waals surface area contributed by atoms with E-state index in [1.807, 2.05) is 26.8 Å². The second-order valence-electron chi connectivity index (χ2n) is 4.06. The number of anilines is 1. The first kappa shape index (κ1) is 11.4. The van der Waals surface area contributed by atoms with E-state index < -0.39 is 0 Å². The van der Waals surface area contributed by atoms with E-state index in [4.69, 9.17) is 0 Å². The molecule has 1 amide bonds. The number of carbonyl (C=O) groups excluding carboxylic acids is 1. The SMILES string of the molecule is Cc1cc(C)n(CC(=O)Nc2[nH]ncc2C)n1. The lowest BCUT2D eigenvalue weighted by molar-refractivity contribution is -0.117. The molecular formula is C11H15N5O. The largest absolute Gasteiger partial charge is 0.309 e. The fraction of sp³-hybridized carbons (Fsp3) is 0.364. The van der Waals surface area contributed by atoms with E-state index in [-0.39, 0.29) is 12.5 Å². The van der Waals surface area contributed by atoms with Crippen LogP contribution in [0.15, 0.2) is 12.3 Å². The number of H-pyrrole nitrogens is 1. The van der Waals surface area contributed by atoms with Gasteiger partial charge in [0.1, 0.15) is 12.4 Å². The number of hydrogen-bond acceptors (Lipinski definition) is 3. The molecule has 2 heterocycles. The Morgan fingerprint density at radius 3 is 2.76 bits per heavy atom. The van der Waals surface area contributed by atoms with Crippen molar-refractivity contribution in [1.29, 1.82) is 0 Å². The Labute approximate surface area is 99.0 Å². The molecule has 0 aliphatic rings. The highest BCUT2D eigenvalue weighted by Gasteiger charge is 2.09. The molecule has 90 valence electrons. The molecule has 0 saturated carbocycles. The van der Waals surface area contributed by atoms with Crippen LogP contribution in [-0.4, -0.2) is 25.9 Å². The Balaban J connectivity index is 2.03. The molecule has 0 aliphatic carbocycles. The van der Waals surface area contributed by atoms with Crippen molar-refractivity contribution in [1.82, 2.24) is 20.0 Å². The van der Waals surface area contributed by atoms with Gasteiger partial charge in [-0.2, -0.15) is 10.2 Å². The summed E-state index contributed by atoms with van der Waals surface area (Å²) in [6.45, 7) is 5.91. The van der Waals surface area contributed by atoms with Gasteiger partial charge in [0.25, 0.3) is 0 Å². The average Bonchev–Trinajstić information content (AvgIpc) is 2.75. The molecule has 0 unspecified atom stereocenters. The number of rotatable bonds is 3. The third-order valence-corrected chi connectivity index (χ3v) is 2.49. The van der Waals surface area contributed by atoms with Crippen LogP contribution < -0.4 is 5.32 Å².